The number of amides is 1. The molecule has 0 saturated carbocycles. The molecule has 0 aliphatic rings. The van der Waals surface area contributed by atoms with Crippen LogP contribution in [0.1, 0.15) is 30.1 Å². The van der Waals surface area contributed by atoms with Crippen LogP contribution in [-0.2, 0) is 9.53 Å². The van der Waals surface area contributed by atoms with Gasteiger partial charge in [0.15, 0.2) is 0 Å². The van der Waals surface area contributed by atoms with Crippen molar-refractivity contribution >= 4 is 17.6 Å². The summed E-state index contributed by atoms with van der Waals surface area (Å²) in [6.07, 6.45) is 1.12. The van der Waals surface area contributed by atoms with E-state index in [-0.39, 0.29) is 5.69 Å². The first-order chi connectivity index (χ1) is 9.40. The van der Waals surface area contributed by atoms with Crippen molar-refractivity contribution in [2.45, 2.75) is 25.8 Å². The highest BCUT2D eigenvalue weighted by Crippen LogP contribution is 2.20. The first-order valence-electron chi connectivity index (χ1n) is 6.04. The Labute approximate surface area is 115 Å². The topological polar surface area (TPSA) is 81.4 Å². The fourth-order valence-electron chi connectivity index (χ4n) is 1.58. The van der Waals surface area contributed by atoms with Gasteiger partial charge < -0.3 is 15.8 Å². The van der Waals surface area contributed by atoms with Crippen molar-refractivity contribution in [1.29, 1.82) is 0 Å². The second kappa shape index (κ2) is 6.95. The third-order valence-electron chi connectivity index (χ3n) is 2.66. The van der Waals surface area contributed by atoms with Gasteiger partial charge in [0.25, 0.3) is 0 Å². The molecule has 5 nitrogen and oxygen atoms in total. The van der Waals surface area contributed by atoms with Gasteiger partial charge in [-0.3, -0.25) is 4.79 Å². The fraction of sp³-hybridized carbons (Fsp3) is 0.385. The van der Waals surface area contributed by atoms with Crippen LogP contribution >= 0.6 is 0 Å². The number of carbonyl (C=O) groups is 2. The van der Waals surface area contributed by atoms with E-state index in [1.54, 1.807) is 0 Å². The van der Waals surface area contributed by atoms with Crippen molar-refractivity contribution in [2.24, 2.45) is 5.73 Å². The van der Waals surface area contributed by atoms with Gasteiger partial charge in [0.2, 0.25) is 5.91 Å². The number of ether oxygens (including phenoxy) is 1. The molecule has 1 aromatic carbocycles. The van der Waals surface area contributed by atoms with E-state index in [4.69, 9.17) is 5.73 Å². The molecule has 110 valence electrons. The van der Waals surface area contributed by atoms with Gasteiger partial charge in [-0.15, -0.1) is 0 Å². The molecule has 3 N–H and O–H groups in total. The molecule has 0 heterocycles. The van der Waals surface area contributed by atoms with Crippen molar-refractivity contribution < 1.29 is 23.1 Å². The number of benzene rings is 1. The molecule has 7 heteroatoms. The summed E-state index contributed by atoms with van der Waals surface area (Å²) in [7, 11) is 1.07. The number of hydrogen-bond acceptors (Lipinski definition) is 4. The third-order valence-corrected chi connectivity index (χ3v) is 2.66. The van der Waals surface area contributed by atoms with Crippen molar-refractivity contribution in [3.05, 3.63) is 29.3 Å². The first-order valence-corrected chi connectivity index (χ1v) is 6.04. The second-order valence-electron chi connectivity index (χ2n) is 4.19. The van der Waals surface area contributed by atoms with Crippen molar-refractivity contribution in [2.75, 3.05) is 12.4 Å². The number of nitrogens with one attached hydrogen (secondary N) is 1. The van der Waals surface area contributed by atoms with Gasteiger partial charge in [-0.05, 0) is 12.5 Å². The standard InChI is InChI=1S/C13H16F2N2O3/c1-3-4-10(16)12(18)17-11-5-7(13(19)20-2)8(14)6-9(11)15/h5-6,10H,3-4,16H2,1-2H3,(H,17,18)/t10-/m1/s1. The number of esters is 1. The van der Waals surface area contributed by atoms with E-state index in [0.717, 1.165) is 13.2 Å². The molecule has 0 radical (unpaired) electrons. The summed E-state index contributed by atoms with van der Waals surface area (Å²) in [6, 6.07) is 0.589. The predicted octanol–water partition coefficient (Wildman–Crippen LogP) is 1.82. The summed E-state index contributed by atoms with van der Waals surface area (Å²) in [5.74, 6) is -3.62. The monoisotopic (exact) mass is 286 g/mol. The van der Waals surface area contributed by atoms with Gasteiger partial charge in [-0.1, -0.05) is 13.3 Å². The smallest absolute Gasteiger partial charge is 0.340 e. The lowest BCUT2D eigenvalue weighted by Gasteiger charge is -2.13. The highest BCUT2D eigenvalue weighted by molar-refractivity contribution is 5.97. The molecule has 1 amide bonds. The summed E-state index contributed by atoms with van der Waals surface area (Å²) < 4.78 is 31.3. The van der Waals surface area contributed by atoms with Crippen molar-refractivity contribution in [3.63, 3.8) is 0 Å². The van der Waals surface area contributed by atoms with Crippen LogP contribution in [0.15, 0.2) is 12.1 Å². The normalized spacial score (nSPS) is 11.8. The Bertz CT molecular complexity index is 521. The van der Waals surface area contributed by atoms with Gasteiger partial charge in [-0.25, -0.2) is 13.6 Å². The summed E-state index contributed by atoms with van der Waals surface area (Å²) in [5, 5.41) is 2.23. The lowest BCUT2D eigenvalue weighted by molar-refractivity contribution is -0.117. The van der Waals surface area contributed by atoms with E-state index >= 15 is 0 Å². The number of anilines is 1. The average Bonchev–Trinajstić information content (AvgIpc) is 2.41. The van der Waals surface area contributed by atoms with Gasteiger partial charge in [-0.2, -0.15) is 0 Å². The lowest BCUT2D eigenvalue weighted by Crippen LogP contribution is -2.35. The Morgan fingerprint density at radius 3 is 2.55 bits per heavy atom. The van der Waals surface area contributed by atoms with E-state index in [2.05, 4.69) is 10.1 Å². The van der Waals surface area contributed by atoms with Crippen LogP contribution in [0.5, 0.6) is 0 Å². The molecule has 1 aromatic rings. The number of rotatable bonds is 5. The number of carbonyl (C=O) groups excluding carboxylic acids is 2. The summed E-state index contributed by atoms with van der Waals surface area (Å²) in [4.78, 5) is 23.0. The van der Waals surface area contributed by atoms with Crippen LogP contribution in [0.3, 0.4) is 0 Å². The zero-order valence-corrected chi connectivity index (χ0v) is 11.2. The Morgan fingerprint density at radius 2 is 2.00 bits per heavy atom. The predicted molar refractivity (Wildman–Crippen MR) is 69.2 cm³/mol. The average molecular weight is 286 g/mol. The van der Waals surface area contributed by atoms with Crippen LogP contribution in [0.2, 0.25) is 0 Å². The van der Waals surface area contributed by atoms with Crippen molar-refractivity contribution in [1.82, 2.24) is 0 Å². The molecular weight excluding hydrogens is 270 g/mol. The highest BCUT2D eigenvalue weighted by Gasteiger charge is 2.19. The zero-order valence-electron chi connectivity index (χ0n) is 11.2. The number of methoxy groups -OCH3 is 1. The Morgan fingerprint density at radius 1 is 1.35 bits per heavy atom. The molecule has 0 aromatic heterocycles. The SMILES string of the molecule is CCC[C@@H](N)C(=O)Nc1cc(C(=O)OC)c(F)cc1F. The van der Waals surface area contributed by atoms with Gasteiger partial charge in [0, 0.05) is 6.07 Å². The number of halogens is 2. The van der Waals surface area contributed by atoms with Crippen LogP contribution in [-0.4, -0.2) is 25.0 Å². The van der Waals surface area contributed by atoms with Crippen LogP contribution in [0.25, 0.3) is 0 Å². The lowest BCUT2D eigenvalue weighted by atomic mass is 10.1. The van der Waals surface area contributed by atoms with Crippen LogP contribution in [0.4, 0.5) is 14.5 Å². The molecule has 0 aliphatic carbocycles. The molecule has 20 heavy (non-hydrogen) atoms. The minimum atomic E-state index is -1.06. The minimum Gasteiger partial charge on any atom is -0.465 e. The maximum absolute atomic E-state index is 13.6. The Kier molecular flexibility index (Phi) is 5.57. The van der Waals surface area contributed by atoms with Crippen LogP contribution < -0.4 is 11.1 Å². The molecule has 0 spiro atoms. The fourth-order valence-corrected chi connectivity index (χ4v) is 1.58. The molecule has 0 aliphatic heterocycles. The zero-order chi connectivity index (χ0) is 15.3. The second-order valence-corrected chi connectivity index (χ2v) is 4.19. The minimum absolute atomic E-state index is 0.316. The van der Waals surface area contributed by atoms with Crippen molar-refractivity contribution in [3.8, 4) is 0 Å². The molecule has 0 saturated heterocycles. The maximum atomic E-state index is 13.6. The molecule has 1 atom stereocenters. The highest BCUT2D eigenvalue weighted by atomic mass is 19.1. The van der Waals surface area contributed by atoms with E-state index in [0.29, 0.717) is 18.9 Å². The first kappa shape index (κ1) is 16.0. The number of nitrogens with two attached hydrogens (primary N) is 1. The molecule has 0 fully saturated rings. The maximum Gasteiger partial charge on any atom is 0.340 e. The van der Waals surface area contributed by atoms with Gasteiger partial charge in [0.05, 0.1) is 24.4 Å². The Balaban J connectivity index is 3.01. The van der Waals surface area contributed by atoms with E-state index < -0.39 is 35.1 Å². The summed E-state index contributed by atoms with van der Waals surface area (Å²) in [6.45, 7) is 1.85. The van der Waals surface area contributed by atoms with E-state index in [1.807, 2.05) is 6.92 Å². The largest absolute Gasteiger partial charge is 0.465 e. The third kappa shape index (κ3) is 3.74. The molecule has 0 bridgehead atoms. The van der Waals surface area contributed by atoms with E-state index in [9.17, 15) is 18.4 Å². The van der Waals surface area contributed by atoms with E-state index in [1.165, 1.54) is 0 Å². The molecule has 1 rings (SSSR count). The quantitative estimate of drug-likeness (QED) is 0.809. The van der Waals surface area contributed by atoms with Gasteiger partial charge in [0.1, 0.15) is 11.6 Å². The molecular formula is C13H16F2N2O3. The summed E-state index contributed by atoms with van der Waals surface area (Å²) >= 11 is 0. The summed E-state index contributed by atoms with van der Waals surface area (Å²) in [5.41, 5.74) is 4.80. The molecule has 0 unspecified atom stereocenters. The Hall–Kier alpha value is -2.02. The van der Waals surface area contributed by atoms with Crippen LogP contribution in [0, 0.1) is 11.6 Å². The van der Waals surface area contributed by atoms with Gasteiger partial charge >= 0.3 is 5.97 Å². The number of hydrogen-bond donors (Lipinski definition) is 2.